The van der Waals surface area contributed by atoms with Crippen LogP contribution in [0.4, 0.5) is 0 Å². The Morgan fingerprint density at radius 1 is 1.25 bits per heavy atom. The number of hydrogen-bond donors (Lipinski definition) is 0. The first-order chi connectivity index (χ1) is 7.32. The summed E-state index contributed by atoms with van der Waals surface area (Å²) < 4.78 is 11.8. The predicted molar refractivity (Wildman–Crippen MR) is 63.2 cm³/mol. The fourth-order valence-corrected chi connectivity index (χ4v) is 2.43. The highest BCUT2D eigenvalue weighted by atomic mass is 16.7. The van der Waals surface area contributed by atoms with Gasteiger partial charge in [0.1, 0.15) is 5.78 Å². The van der Waals surface area contributed by atoms with E-state index < -0.39 is 0 Å². The maximum Gasteiger partial charge on any atom is 0.458 e. The molecule has 0 spiro atoms. The molecule has 1 aliphatic heterocycles. The quantitative estimate of drug-likeness (QED) is 0.676. The van der Waals surface area contributed by atoms with Gasteiger partial charge >= 0.3 is 7.12 Å². The highest BCUT2D eigenvalue weighted by Gasteiger charge is 2.51. The van der Waals surface area contributed by atoms with E-state index in [0.717, 1.165) is 25.6 Å². The molecule has 0 N–H and O–H groups in total. The molecule has 1 unspecified atom stereocenters. The van der Waals surface area contributed by atoms with Crippen molar-refractivity contribution in [1.82, 2.24) is 0 Å². The zero-order valence-electron chi connectivity index (χ0n) is 10.7. The van der Waals surface area contributed by atoms with Crippen molar-refractivity contribution in [2.75, 3.05) is 0 Å². The molecule has 1 saturated carbocycles. The number of carbonyl (C=O) groups excluding carboxylic acids is 1. The summed E-state index contributed by atoms with van der Waals surface area (Å²) in [4.78, 5) is 11.6. The molecule has 1 heterocycles. The molecule has 16 heavy (non-hydrogen) atoms. The summed E-state index contributed by atoms with van der Waals surface area (Å²) in [7, 11) is -0.211. The maximum atomic E-state index is 11.6. The van der Waals surface area contributed by atoms with Gasteiger partial charge in [-0.05, 0) is 46.9 Å². The summed E-state index contributed by atoms with van der Waals surface area (Å²) >= 11 is 0. The van der Waals surface area contributed by atoms with E-state index in [2.05, 4.69) is 0 Å². The van der Waals surface area contributed by atoms with Crippen LogP contribution < -0.4 is 0 Å². The van der Waals surface area contributed by atoms with Crippen molar-refractivity contribution >= 4 is 12.9 Å². The first-order valence-electron chi connectivity index (χ1n) is 6.20. The molecule has 0 amide bonds. The van der Waals surface area contributed by atoms with Crippen molar-refractivity contribution in [3.63, 3.8) is 0 Å². The highest BCUT2D eigenvalue weighted by Crippen LogP contribution is 2.39. The van der Waals surface area contributed by atoms with Crippen molar-refractivity contribution in [2.24, 2.45) is 5.92 Å². The number of Topliss-reactive ketones (excluding diaryl/α,β-unsaturated/α-hetero) is 1. The van der Waals surface area contributed by atoms with Crippen LogP contribution >= 0.6 is 0 Å². The number of rotatable bonds is 2. The fourth-order valence-electron chi connectivity index (χ4n) is 2.43. The predicted octanol–water partition coefficient (Wildman–Crippen LogP) is 2.45. The Morgan fingerprint density at radius 2 is 1.81 bits per heavy atom. The molecule has 0 aromatic heterocycles. The van der Waals surface area contributed by atoms with Crippen LogP contribution in [0.25, 0.3) is 0 Å². The Morgan fingerprint density at radius 3 is 2.25 bits per heavy atom. The van der Waals surface area contributed by atoms with Crippen LogP contribution in [0.15, 0.2) is 0 Å². The smallest absolute Gasteiger partial charge is 0.403 e. The summed E-state index contributed by atoms with van der Waals surface area (Å²) in [5.74, 6) is 0.546. The standard InChI is InChI=1S/C12H21BO3/c1-11(2)12(3,4)16-13(15-11)8-9-6-5-7-10(9)14/h9H,5-8H2,1-4H3. The van der Waals surface area contributed by atoms with E-state index in [1.165, 1.54) is 0 Å². The van der Waals surface area contributed by atoms with E-state index in [0.29, 0.717) is 5.78 Å². The summed E-state index contributed by atoms with van der Waals surface area (Å²) in [5.41, 5.74) is -0.557. The van der Waals surface area contributed by atoms with Gasteiger partial charge in [-0.1, -0.05) is 0 Å². The Kier molecular flexibility index (Phi) is 2.91. The van der Waals surface area contributed by atoms with Crippen molar-refractivity contribution in [3.05, 3.63) is 0 Å². The van der Waals surface area contributed by atoms with Gasteiger partial charge in [-0.15, -0.1) is 0 Å². The van der Waals surface area contributed by atoms with E-state index in [4.69, 9.17) is 9.31 Å². The Hall–Kier alpha value is -0.345. The van der Waals surface area contributed by atoms with Gasteiger partial charge in [-0.25, -0.2) is 0 Å². The average Bonchev–Trinajstić information content (AvgIpc) is 2.57. The molecule has 1 saturated heterocycles. The lowest BCUT2D eigenvalue weighted by atomic mass is 9.76. The van der Waals surface area contributed by atoms with Crippen molar-refractivity contribution < 1.29 is 14.1 Å². The van der Waals surface area contributed by atoms with E-state index in [-0.39, 0.29) is 24.2 Å². The van der Waals surface area contributed by atoms with Crippen molar-refractivity contribution in [3.8, 4) is 0 Å². The monoisotopic (exact) mass is 224 g/mol. The maximum absolute atomic E-state index is 11.6. The molecule has 0 aromatic carbocycles. The Bertz CT molecular complexity index is 283. The Balaban J connectivity index is 1.96. The third-order valence-corrected chi connectivity index (χ3v) is 4.21. The molecule has 0 radical (unpaired) electrons. The molecule has 1 atom stereocenters. The van der Waals surface area contributed by atoms with Gasteiger partial charge in [0, 0.05) is 12.3 Å². The second kappa shape index (κ2) is 3.85. The molecule has 3 nitrogen and oxygen atoms in total. The minimum Gasteiger partial charge on any atom is -0.403 e. The number of carbonyl (C=O) groups is 1. The SMILES string of the molecule is CC1(C)OB(CC2CCCC2=O)OC1(C)C. The van der Waals surface area contributed by atoms with Gasteiger partial charge in [0.25, 0.3) is 0 Å². The molecule has 1 aliphatic carbocycles. The topological polar surface area (TPSA) is 35.5 Å². The molecule has 90 valence electrons. The fraction of sp³-hybridized carbons (Fsp3) is 0.917. The van der Waals surface area contributed by atoms with Gasteiger partial charge in [0.2, 0.25) is 0 Å². The minimum atomic E-state index is -0.278. The van der Waals surface area contributed by atoms with E-state index in [1.807, 2.05) is 27.7 Å². The number of ketones is 1. The summed E-state index contributed by atoms with van der Waals surface area (Å²) in [6.45, 7) is 8.18. The molecular weight excluding hydrogens is 203 g/mol. The van der Waals surface area contributed by atoms with Gasteiger partial charge < -0.3 is 9.31 Å². The summed E-state index contributed by atoms with van der Waals surface area (Å²) in [6, 6.07) is 0. The van der Waals surface area contributed by atoms with Gasteiger partial charge in [0.05, 0.1) is 11.2 Å². The second-order valence-corrected chi connectivity index (χ2v) is 5.98. The lowest BCUT2D eigenvalue weighted by Crippen LogP contribution is -2.41. The molecule has 0 bridgehead atoms. The van der Waals surface area contributed by atoms with Crippen LogP contribution in [0, 0.1) is 5.92 Å². The van der Waals surface area contributed by atoms with E-state index in [9.17, 15) is 4.79 Å². The zero-order chi connectivity index (χ0) is 12.0. The zero-order valence-corrected chi connectivity index (χ0v) is 10.7. The molecular formula is C12H21BO3. The lowest BCUT2D eigenvalue weighted by molar-refractivity contribution is -0.120. The first kappa shape index (κ1) is 12.1. The van der Waals surface area contributed by atoms with Crippen LogP contribution in [0.2, 0.25) is 6.32 Å². The van der Waals surface area contributed by atoms with E-state index in [1.54, 1.807) is 0 Å². The van der Waals surface area contributed by atoms with Crippen molar-refractivity contribution in [1.29, 1.82) is 0 Å². The first-order valence-corrected chi connectivity index (χ1v) is 6.20. The molecule has 4 heteroatoms. The molecule has 0 aromatic rings. The third-order valence-electron chi connectivity index (χ3n) is 4.21. The highest BCUT2D eigenvalue weighted by molar-refractivity contribution is 6.46. The van der Waals surface area contributed by atoms with Crippen LogP contribution in [0.1, 0.15) is 47.0 Å². The summed E-state index contributed by atoms with van der Waals surface area (Å²) in [6.07, 6.45) is 3.50. The largest absolute Gasteiger partial charge is 0.458 e. The molecule has 2 rings (SSSR count). The second-order valence-electron chi connectivity index (χ2n) is 5.98. The average molecular weight is 224 g/mol. The summed E-state index contributed by atoms with van der Waals surface area (Å²) in [5, 5.41) is 0. The minimum absolute atomic E-state index is 0.162. The van der Waals surface area contributed by atoms with Crippen LogP contribution in [-0.2, 0) is 14.1 Å². The Labute approximate surface area is 98.0 Å². The number of hydrogen-bond acceptors (Lipinski definition) is 3. The van der Waals surface area contributed by atoms with Crippen LogP contribution in [0.5, 0.6) is 0 Å². The van der Waals surface area contributed by atoms with Crippen LogP contribution in [-0.4, -0.2) is 24.1 Å². The molecule has 2 aliphatic rings. The lowest BCUT2D eigenvalue weighted by Gasteiger charge is -2.32. The van der Waals surface area contributed by atoms with Gasteiger partial charge in [-0.3, -0.25) is 4.79 Å². The molecule has 2 fully saturated rings. The third kappa shape index (κ3) is 2.05. The van der Waals surface area contributed by atoms with Crippen molar-refractivity contribution in [2.45, 2.75) is 64.5 Å². The normalized spacial score (nSPS) is 32.4. The van der Waals surface area contributed by atoms with Crippen LogP contribution in [0.3, 0.4) is 0 Å². The van der Waals surface area contributed by atoms with Gasteiger partial charge in [0.15, 0.2) is 0 Å². The van der Waals surface area contributed by atoms with Gasteiger partial charge in [-0.2, -0.15) is 0 Å². The van der Waals surface area contributed by atoms with E-state index >= 15 is 0 Å².